The van der Waals surface area contributed by atoms with Crippen molar-refractivity contribution in [3.8, 4) is 0 Å². The highest BCUT2D eigenvalue weighted by Gasteiger charge is 1.95. The van der Waals surface area contributed by atoms with Crippen molar-refractivity contribution in [1.29, 1.82) is 0 Å². The third-order valence-corrected chi connectivity index (χ3v) is 0.994. The normalized spacial score (nSPS) is 8.27. The lowest BCUT2D eigenvalue weighted by Gasteiger charge is -1.86. The third-order valence-electron chi connectivity index (χ3n) is 0.994. The fourth-order valence-electron chi connectivity index (χ4n) is 0.650. The lowest BCUT2D eigenvalue weighted by atomic mass is 10.2. The number of rotatable bonds is 2. The lowest BCUT2D eigenvalue weighted by molar-refractivity contribution is -0.116. The number of aromatic nitrogens is 2. The first-order chi connectivity index (χ1) is 5.29. The number of carbonyl (C=O) groups excluding carboxylic acids is 1. The summed E-state index contributed by atoms with van der Waals surface area (Å²) in [5, 5.41) is 0. The minimum atomic E-state index is 0.152. The average molecular weight is 154 g/mol. The topological polar surface area (TPSA) is 45.8 Å². The van der Waals surface area contributed by atoms with E-state index < -0.39 is 0 Å². The Morgan fingerprint density at radius 3 is 2.64 bits per heavy atom. The van der Waals surface area contributed by atoms with Gasteiger partial charge in [0.1, 0.15) is 5.78 Å². The maximum atomic E-state index is 10.5. The summed E-state index contributed by atoms with van der Waals surface area (Å²) in [7, 11) is 0. The van der Waals surface area contributed by atoms with E-state index in [9.17, 15) is 4.79 Å². The molecule has 1 rings (SSSR count). The molecule has 0 aliphatic rings. The Hall–Kier alpha value is -1.12. The van der Waals surface area contributed by atoms with E-state index >= 15 is 0 Å². The monoisotopic (exact) mass is 154 g/mol. The molecule has 11 heavy (non-hydrogen) atoms. The molecule has 0 amide bonds. The summed E-state index contributed by atoms with van der Waals surface area (Å²) >= 11 is 0. The van der Waals surface area contributed by atoms with Crippen molar-refractivity contribution >= 4 is 5.78 Å². The molecule has 0 saturated carbocycles. The molecular weight excluding hydrogens is 140 g/mol. The quantitative estimate of drug-likeness (QED) is 0.702. The fourth-order valence-corrected chi connectivity index (χ4v) is 0.650. The van der Waals surface area contributed by atoms with E-state index in [1.165, 1.54) is 0 Å². The van der Waals surface area contributed by atoms with Crippen LogP contribution in [-0.2, 0) is 11.2 Å². The molecule has 0 aromatic carbocycles. The van der Waals surface area contributed by atoms with Gasteiger partial charge in [-0.1, -0.05) is 13.8 Å². The first-order valence-corrected chi connectivity index (χ1v) is 3.75. The standard InChI is InChI=1S/C6H8N2O.C2H6/c1-5(9)2-6-3-7-4-8-6;1-2/h3-4H,2H2,1H3,(H,7,8);1-2H3. The number of hydrogen-bond donors (Lipinski definition) is 1. The van der Waals surface area contributed by atoms with Gasteiger partial charge in [-0.2, -0.15) is 0 Å². The van der Waals surface area contributed by atoms with Crippen molar-refractivity contribution in [2.75, 3.05) is 0 Å². The van der Waals surface area contributed by atoms with Gasteiger partial charge in [0.25, 0.3) is 0 Å². The van der Waals surface area contributed by atoms with Gasteiger partial charge >= 0.3 is 0 Å². The second kappa shape index (κ2) is 5.65. The smallest absolute Gasteiger partial charge is 0.135 e. The molecule has 0 bridgehead atoms. The van der Waals surface area contributed by atoms with Gasteiger partial charge in [-0.05, 0) is 6.92 Å². The van der Waals surface area contributed by atoms with Crippen molar-refractivity contribution in [2.45, 2.75) is 27.2 Å². The predicted molar refractivity (Wildman–Crippen MR) is 44.3 cm³/mol. The van der Waals surface area contributed by atoms with Crippen LogP contribution in [0, 0.1) is 0 Å². The Balaban J connectivity index is 0.000000461. The number of nitrogens with one attached hydrogen (secondary N) is 1. The molecule has 1 N–H and O–H groups in total. The maximum absolute atomic E-state index is 10.5. The van der Waals surface area contributed by atoms with E-state index in [2.05, 4.69) is 9.97 Å². The zero-order valence-corrected chi connectivity index (χ0v) is 7.22. The zero-order chi connectivity index (χ0) is 8.69. The van der Waals surface area contributed by atoms with Crippen molar-refractivity contribution in [3.63, 3.8) is 0 Å². The molecule has 0 radical (unpaired) electrons. The van der Waals surface area contributed by atoms with Crippen molar-refractivity contribution in [3.05, 3.63) is 18.2 Å². The maximum Gasteiger partial charge on any atom is 0.135 e. The molecule has 62 valence electrons. The number of H-pyrrole nitrogens is 1. The van der Waals surface area contributed by atoms with E-state index in [0.717, 1.165) is 5.69 Å². The summed E-state index contributed by atoms with van der Waals surface area (Å²) in [5.41, 5.74) is 0.877. The van der Waals surface area contributed by atoms with Gasteiger partial charge in [-0.15, -0.1) is 0 Å². The molecule has 0 saturated heterocycles. The predicted octanol–water partition coefficient (Wildman–Crippen LogP) is 1.57. The number of aromatic amines is 1. The van der Waals surface area contributed by atoms with Crippen LogP contribution in [0.25, 0.3) is 0 Å². The van der Waals surface area contributed by atoms with Crippen LogP contribution in [0.2, 0.25) is 0 Å². The Morgan fingerprint density at radius 1 is 1.64 bits per heavy atom. The van der Waals surface area contributed by atoms with Gasteiger partial charge in [-0.25, -0.2) is 4.98 Å². The van der Waals surface area contributed by atoms with Crippen molar-refractivity contribution in [1.82, 2.24) is 9.97 Å². The molecule has 1 heterocycles. The van der Waals surface area contributed by atoms with Crippen LogP contribution in [0.15, 0.2) is 12.5 Å². The van der Waals surface area contributed by atoms with Gasteiger partial charge in [0.2, 0.25) is 0 Å². The minimum absolute atomic E-state index is 0.152. The zero-order valence-electron chi connectivity index (χ0n) is 7.22. The van der Waals surface area contributed by atoms with E-state index in [1.54, 1.807) is 19.4 Å². The van der Waals surface area contributed by atoms with Crippen molar-refractivity contribution in [2.24, 2.45) is 0 Å². The first kappa shape index (κ1) is 9.88. The number of imidazole rings is 1. The lowest BCUT2D eigenvalue weighted by Crippen LogP contribution is -1.95. The highest BCUT2D eigenvalue weighted by molar-refractivity contribution is 5.77. The van der Waals surface area contributed by atoms with Crippen LogP contribution in [0.5, 0.6) is 0 Å². The van der Waals surface area contributed by atoms with E-state index in [-0.39, 0.29) is 5.78 Å². The largest absolute Gasteiger partial charge is 0.348 e. The van der Waals surface area contributed by atoms with Crippen LogP contribution >= 0.6 is 0 Å². The van der Waals surface area contributed by atoms with E-state index in [0.29, 0.717) is 6.42 Å². The molecule has 1 aromatic rings. The van der Waals surface area contributed by atoms with Crippen LogP contribution in [0.1, 0.15) is 26.5 Å². The van der Waals surface area contributed by atoms with Crippen LogP contribution < -0.4 is 0 Å². The van der Waals surface area contributed by atoms with Gasteiger partial charge in [-0.3, -0.25) is 4.79 Å². The summed E-state index contributed by atoms with van der Waals surface area (Å²) in [4.78, 5) is 17.1. The molecular formula is C8H14N2O. The third kappa shape index (κ3) is 4.31. The van der Waals surface area contributed by atoms with Gasteiger partial charge < -0.3 is 4.98 Å². The Morgan fingerprint density at radius 2 is 2.27 bits per heavy atom. The van der Waals surface area contributed by atoms with E-state index in [4.69, 9.17) is 0 Å². The van der Waals surface area contributed by atoms with Gasteiger partial charge in [0.15, 0.2) is 0 Å². The van der Waals surface area contributed by atoms with E-state index in [1.807, 2.05) is 13.8 Å². The highest BCUT2D eigenvalue weighted by atomic mass is 16.1. The summed E-state index contributed by atoms with van der Waals surface area (Å²) in [5.74, 6) is 0.152. The van der Waals surface area contributed by atoms with Gasteiger partial charge in [0.05, 0.1) is 6.33 Å². The first-order valence-electron chi connectivity index (χ1n) is 3.75. The second-order valence-electron chi connectivity index (χ2n) is 1.96. The molecule has 0 unspecified atom stereocenters. The van der Waals surface area contributed by atoms with Crippen LogP contribution in [0.4, 0.5) is 0 Å². The van der Waals surface area contributed by atoms with Crippen molar-refractivity contribution < 1.29 is 4.79 Å². The average Bonchev–Trinajstić information content (AvgIpc) is 2.43. The fraction of sp³-hybridized carbons (Fsp3) is 0.500. The summed E-state index contributed by atoms with van der Waals surface area (Å²) < 4.78 is 0. The number of nitrogens with zero attached hydrogens (tertiary/aromatic N) is 1. The number of carbonyl (C=O) groups is 1. The van der Waals surface area contributed by atoms with Gasteiger partial charge in [0, 0.05) is 18.3 Å². The summed E-state index contributed by atoms with van der Waals surface area (Å²) in [6, 6.07) is 0. The Labute approximate surface area is 66.9 Å². The Kier molecular flexibility index (Phi) is 5.07. The highest BCUT2D eigenvalue weighted by Crippen LogP contribution is 1.91. The Bertz CT molecular complexity index is 192. The number of Topliss-reactive ketones (excluding diaryl/α,β-unsaturated/α-hetero) is 1. The molecule has 0 fully saturated rings. The van der Waals surface area contributed by atoms with Crippen LogP contribution in [-0.4, -0.2) is 15.8 Å². The molecule has 3 nitrogen and oxygen atoms in total. The molecule has 1 aromatic heterocycles. The van der Waals surface area contributed by atoms with Crippen LogP contribution in [0.3, 0.4) is 0 Å². The second-order valence-corrected chi connectivity index (χ2v) is 1.96. The number of hydrogen-bond acceptors (Lipinski definition) is 2. The molecule has 0 aliphatic carbocycles. The number of ketones is 1. The minimum Gasteiger partial charge on any atom is -0.348 e. The molecule has 3 heteroatoms. The molecule has 0 spiro atoms. The summed E-state index contributed by atoms with van der Waals surface area (Å²) in [6.07, 6.45) is 3.68. The molecule has 0 aliphatic heterocycles. The summed E-state index contributed by atoms with van der Waals surface area (Å²) in [6.45, 7) is 5.56. The SMILES string of the molecule is CC.CC(=O)Cc1cnc[nH]1. The molecule has 0 atom stereocenters.